The predicted molar refractivity (Wildman–Crippen MR) is 78.1 cm³/mol. The summed E-state index contributed by atoms with van der Waals surface area (Å²) in [4.78, 5) is 14.2. The number of carbonyl (C=O) groups excluding carboxylic acids is 1. The van der Waals surface area contributed by atoms with E-state index in [0.29, 0.717) is 18.4 Å². The molecule has 1 aromatic rings. The fraction of sp³-hybridized carbons (Fsp3) is 0.800. The molecule has 0 atom stereocenters. The van der Waals surface area contributed by atoms with Gasteiger partial charge in [-0.1, -0.05) is 6.92 Å². The van der Waals surface area contributed by atoms with Crippen molar-refractivity contribution in [2.75, 3.05) is 7.05 Å². The first kappa shape index (κ1) is 15.0. The second-order valence-corrected chi connectivity index (χ2v) is 6.09. The smallest absolute Gasteiger partial charge is 0.222 e. The third-order valence-electron chi connectivity index (χ3n) is 4.46. The highest BCUT2D eigenvalue weighted by Gasteiger charge is 2.24. The number of carbonyl (C=O) groups is 1. The fourth-order valence-corrected chi connectivity index (χ4v) is 2.94. The lowest BCUT2D eigenvalue weighted by Gasteiger charge is -2.33. The van der Waals surface area contributed by atoms with Crippen molar-refractivity contribution in [3.8, 4) is 0 Å². The average molecular weight is 278 g/mol. The summed E-state index contributed by atoms with van der Waals surface area (Å²) in [6.45, 7) is 2.31. The van der Waals surface area contributed by atoms with Gasteiger partial charge >= 0.3 is 0 Å². The largest absolute Gasteiger partial charge is 0.343 e. The first-order chi connectivity index (χ1) is 9.66. The van der Waals surface area contributed by atoms with Crippen molar-refractivity contribution in [2.24, 2.45) is 5.92 Å². The van der Waals surface area contributed by atoms with Crippen LogP contribution in [0.15, 0.2) is 6.20 Å². The van der Waals surface area contributed by atoms with E-state index in [0.717, 1.165) is 30.9 Å². The minimum Gasteiger partial charge on any atom is -0.343 e. The minimum absolute atomic E-state index is 0.296. The van der Waals surface area contributed by atoms with Gasteiger partial charge in [0, 0.05) is 19.5 Å². The van der Waals surface area contributed by atoms with Crippen LogP contribution in [0.3, 0.4) is 0 Å². The third kappa shape index (κ3) is 4.32. The van der Waals surface area contributed by atoms with Gasteiger partial charge in [0.05, 0.1) is 11.9 Å². The van der Waals surface area contributed by atoms with Crippen LogP contribution in [0.4, 0.5) is 0 Å². The Morgan fingerprint density at radius 1 is 1.35 bits per heavy atom. The molecule has 0 spiro atoms. The molecule has 1 aliphatic carbocycles. The van der Waals surface area contributed by atoms with Crippen molar-refractivity contribution < 1.29 is 4.79 Å². The van der Waals surface area contributed by atoms with E-state index >= 15 is 0 Å². The fourth-order valence-electron chi connectivity index (χ4n) is 2.94. The van der Waals surface area contributed by atoms with E-state index in [9.17, 15) is 4.79 Å². The molecule has 1 saturated carbocycles. The Hall–Kier alpha value is -1.39. The molecular formula is C15H26N4O. The maximum Gasteiger partial charge on any atom is 0.222 e. The summed E-state index contributed by atoms with van der Waals surface area (Å²) in [6, 6.07) is 0.467. The number of H-pyrrole nitrogens is 1. The molecule has 1 fully saturated rings. The summed E-state index contributed by atoms with van der Waals surface area (Å²) in [6.07, 6.45) is 10.1. The van der Waals surface area contributed by atoms with Gasteiger partial charge < -0.3 is 4.90 Å². The van der Waals surface area contributed by atoms with E-state index in [1.165, 1.54) is 25.7 Å². The molecule has 1 amide bonds. The van der Waals surface area contributed by atoms with E-state index in [4.69, 9.17) is 0 Å². The van der Waals surface area contributed by atoms with Gasteiger partial charge in [0.2, 0.25) is 5.91 Å². The molecule has 0 bridgehead atoms. The molecule has 1 heterocycles. The lowest BCUT2D eigenvalue weighted by Crippen LogP contribution is -2.39. The van der Waals surface area contributed by atoms with Gasteiger partial charge in [0.1, 0.15) is 0 Å². The number of nitrogens with one attached hydrogen (secondary N) is 1. The van der Waals surface area contributed by atoms with Gasteiger partial charge in [-0.05, 0) is 50.9 Å². The van der Waals surface area contributed by atoms with Crippen LogP contribution < -0.4 is 0 Å². The zero-order valence-corrected chi connectivity index (χ0v) is 12.6. The summed E-state index contributed by atoms with van der Waals surface area (Å²) in [5.74, 6) is 1.13. The standard InChI is InChI=1S/C15H26N4O/c1-12-7-9-14(10-8-12)19(2)15(20)6-4-3-5-13-11-16-18-17-13/h11-12,14H,3-10H2,1-2H3,(H,16,17,18). The average Bonchev–Trinajstić information content (AvgIpc) is 2.96. The number of aromatic nitrogens is 3. The van der Waals surface area contributed by atoms with Gasteiger partial charge in [-0.3, -0.25) is 4.79 Å². The van der Waals surface area contributed by atoms with Crippen molar-refractivity contribution in [3.05, 3.63) is 11.9 Å². The molecule has 5 heteroatoms. The molecule has 112 valence electrons. The Morgan fingerprint density at radius 3 is 2.75 bits per heavy atom. The van der Waals surface area contributed by atoms with Gasteiger partial charge in [0.15, 0.2) is 0 Å². The van der Waals surface area contributed by atoms with Gasteiger partial charge in [0.25, 0.3) is 0 Å². The number of aromatic amines is 1. The molecule has 20 heavy (non-hydrogen) atoms. The Bertz CT molecular complexity index is 396. The molecule has 0 aliphatic heterocycles. The van der Waals surface area contributed by atoms with Crippen LogP contribution in [0, 0.1) is 5.92 Å². The maximum atomic E-state index is 12.2. The maximum absolute atomic E-state index is 12.2. The second-order valence-electron chi connectivity index (χ2n) is 6.09. The summed E-state index contributed by atoms with van der Waals surface area (Å²) in [5.41, 5.74) is 0.979. The molecule has 0 saturated heterocycles. The number of amides is 1. The SMILES string of the molecule is CC1CCC(N(C)C(=O)CCCCc2cn[nH]n2)CC1. The zero-order chi connectivity index (χ0) is 14.4. The molecule has 1 aliphatic rings. The first-order valence-corrected chi connectivity index (χ1v) is 7.77. The summed E-state index contributed by atoms with van der Waals surface area (Å²) >= 11 is 0. The summed E-state index contributed by atoms with van der Waals surface area (Å²) in [5, 5.41) is 10.4. The highest BCUT2D eigenvalue weighted by atomic mass is 16.2. The van der Waals surface area contributed by atoms with Crippen LogP contribution in [0.2, 0.25) is 0 Å². The number of hydrogen-bond acceptors (Lipinski definition) is 3. The molecule has 1 N–H and O–H groups in total. The van der Waals surface area contributed by atoms with Crippen LogP contribution in [0.1, 0.15) is 57.6 Å². The first-order valence-electron chi connectivity index (χ1n) is 7.77. The molecule has 0 radical (unpaired) electrons. The highest BCUT2D eigenvalue weighted by Crippen LogP contribution is 2.26. The Morgan fingerprint density at radius 2 is 2.10 bits per heavy atom. The van der Waals surface area contributed by atoms with Crippen molar-refractivity contribution in [1.82, 2.24) is 20.3 Å². The van der Waals surface area contributed by atoms with Crippen LogP contribution in [0.25, 0.3) is 0 Å². The lowest BCUT2D eigenvalue weighted by atomic mass is 9.86. The Labute approximate surface area is 121 Å². The van der Waals surface area contributed by atoms with Crippen molar-refractivity contribution in [3.63, 3.8) is 0 Å². The second kappa shape index (κ2) is 7.41. The topological polar surface area (TPSA) is 61.9 Å². The number of nitrogens with zero attached hydrogens (tertiary/aromatic N) is 3. The van der Waals surface area contributed by atoms with Crippen LogP contribution in [-0.4, -0.2) is 39.3 Å². The highest BCUT2D eigenvalue weighted by molar-refractivity contribution is 5.76. The van der Waals surface area contributed by atoms with Crippen LogP contribution in [-0.2, 0) is 11.2 Å². The predicted octanol–water partition coefficient (Wildman–Crippen LogP) is 2.55. The monoisotopic (exact) mass is 278 g/mol. The molecule has 2 rings (SSSR count). The Kier molecular flexibility index (Phi) is 5.56. The normalized spacial score (nSPS) is 22.7. The molecular weight excluding hydrogens is 252 g/mol. The third-order valence-corrected chi connectivity index (χ3v) is 4.46. The zero-order valence-electron chi connectivity index (χ0n) is 12.6. The number of unbranched alkanes of at least 4 members (excludes halogenated alkanes) is 1. The van der Waals surface area contributed by atoms with E-state index in [2.05, 4.69) is 22.3 Å². The van der Waals surface area contributed by atoms with Crippen LogP contribution in [0.5, 0.6) is 0 Å². The molecule has 1 aromatic heterocycles. The van der Waals surface area contributed by atoms with Crippen molar-refractivity contribution in [2.45, 2.75) is 64.3 Å². The molecule has 0 aromatic carbocycles. The number of rotatable bonds is 6. The number of aryl methyl sites for hydroxylation is 1. The van der Waals surface area contributed by atoms with E-state index in [1.807, 2.05) is 11.9 Å². The van der Waals surface area contributed by atoms with Gasteiger partial charge in [-0.2, -0.15) is 15.4 Å². The summed E-state index contributed by atoms with van der Waals surface area (Å²) in [7, 11) is 1.97. The molecule has 5 nitrogen and oxygen atoms in total. The van der Waals surface area contributed by atoms with E-state index in [1.54, 1.807) is 6.20 Å². The van der Waals surface area contributed by atoms with Crippen LogP contribution >= 0.6 is 0 Å². The summed E-state index contributed by atoms with van der Waals surface area (Å²) < 4.78 is 0. The van der Waals surface area contributed by atoms with Gasteiger partial charge in [-0.15, -0.1) is 0 Å². The lowest BCUT2D eigenvalue weighted by molar-refractivity contribution is -0.132. The van der Waals surface area contributed by atoms with E-state index in [-0.39, 0.29) is 0 Å². The molecule has 0 unspecified atom stereocenters. The van der Waals surface area contributed by atoms with Gasteiger partial charge in [-0.25, -0.2) is 0 Å². The number of hydrogen-bond donors (Lipinski definition) is 1. The quantitative estimate of drug-likeness (QED) is 0.813. The van der Waals surface area contributed by atoms with Crippen molar-refractivity contribution in [1.29, 1.82) is 0 Å². The minimum atomic E-state index is 0.296. The van der Waals surface area contributed by atoms with Crippen molar-refractivity contribution >= 4 is 5.91 Å². The van der Waals surface area contributed by atoms with E-state index < -0.39 is 0 Å². The Balaban J connectivity index is 1.63.